The lowest BCUT2D eigenvalue weighted by Crippen LogP contribution is -2.25. The van der Waals surface area contributed by atoms with E-state index in [1.165, 1.54) is 12.1 Å². The average Bonchev–Trinajstić information content (AvgIpc) is 3.40. The fourth-order valence-electron chi connectivity index (χ4n) is 3.65. The Labute approximate surface area is 174 Å². The largest absolute Gasteiger partial charge is 0.486 e. The lowest BCUT2D eigenvalue weighted by atomic mass is 10.1. The Morgan fingerprint density at radius 1 is 1.00 bits per heavy atom. The smallest absolute Gasteiger partial charge is 0.416 e. The molecule has 3 aromatic rings. The Bertz CT molecular complexity index is 1130. The third kappa shape index (κ3) is 3.69. The van der Waals surface area contributed by atoms with Gasteiger partial charge in [-0.2, -0.15) is 18.2 Å². The number of alkyl halides is 3. The van der Waals surface area contributed by atoms with Crippen molar-refractivity contribution in [3.63, 3.8) is 0 Å². The number of carbonyl (C=O) groups is 1. The SMILES string of the molecule is O=C1CC(c2noc(-c3ccc(C(F)(F)F)cc3)n2)CN1c1ccc2c(c1)OCCO2. The second kappa shape index (κ2) is 7.29. The fourth-order valence-corrected chi connectivity index (χ4v) is 3.65. The fraction of sp³-hybridized carbons (Fsp3) is 0.286. The Morgan fingerprint density at radius 2 is 1.74 bits per heavy atom. The van der Waals surface area contributed by atoms with Gasteiger partial charge in [-0.3, -0.25) is 4.79 Å². The minimum Gasteiger partial charge on any atom is -0.486 e. The van der Waals surface area contributed by atoms with Crippen LogP contribution in [0.5, 0.6) is 11.5 Å². The molecular weight excluding hydrogens is 415 g/mol. The predicted molar refractivity (Wildman–Crippen MR) is 102 cm³/mol. The quantitative estimate of drug-likeness (QED) is 0.623. The molecule has 1 aromatic heterocycles. The van der Waals surface area contributed by atoms with Crippen LogP contribution in [0.15, 0.2) is 47.0 Å². The maximum Gasteiger partial charge on any atom is 0.416 e. The van der Waals surface area contributed by atoms with Crippen molar-refractivity contribution in [3.8, 4) is 23.0 Å². The van der Waals surface area contributed by atoms with E-state index in [4.69, 9.17) is 14.0 Å². The number of hydrogen-bond acceptors (Lipinski definition) is 6. The molecule has 0 radical (unpaired) electrons. The first-order chi connectivity index (χ1) is 14.9. The molecule has 0 spiro atoms. The molecule has 1 fully saturated rings. The Hall–Kier alpha value is -3.56. The molecule has 160 valence electrons. The van der Waals surface area contributed by atoms with Gasteiger partial charge in [-0.25, -0.2) is 0 Å². The molecule has 10 heteroatoms. The number of benzene rings is 2. The molecule has 31 heavy (non-hydrogen) atoms. The number of hydrogen-bond donors (Lipinski definition) is 0. The summed E-state index contributed by atoms with van der Waals surface area (Å²) >= 11 is 0. The molecule has 5 rings (SSSR count). The molecule has 0 saturated carbocycles. The van der Waals surface area contributed by atoms with Crippen molar-refractivity contribution in [2.24, 2.45) is 0 Å². The Morgan fingerprint density at radius 3 is 2.48 bits per heavy atom. The Kier molecular flexibility index (Phi) is 4.57. The molecule has 0 bridgehead atoms. The van der Waals surface area contributed by atoms with Crippen molar-refractivity contribution in [2.45, 2.75) is 18.5 Å². The van der Waals surface area contributed by atoms with Crippen LogP contribution in [0.3, 0.4) is 0 Å². The van der Waals surface area contributed by atoms with E-state index in [0.29, 0.717) is 48.3 Å². The first-order valence-corrected chi connectivity index (χ1v) is 9.60. The van der Waals surface area contributed by atoms with E-state index in [-0.39, 0.29) is 24.1 Å². The number of rotatable bonds is 3. The van der Waals surface area contributed by atoms with Crippen molar-refractivity contribution in [2.75, 3.05) is 24.7 Å². The van der Waals surface area contributed by atoms with Crippen molar-refractivity contribution in [1.82, 2.24) is 10.1 Å². The van der Waals surface area contributed by atoms with Crippen molar-refractivity contribution in [3.05, 3.63) is 53.9 Å². The summed E-state index contributed by atoms with van der Waals surface area (Å²) in [5.74, 6) is 1.27. The lowest BCUT2D eigenvalue weighted by Gasteiger charge is -2.22. The molecule has 0 aliphatic carbocycles. The van der Waals surface area contributed by atoms with Gasteiger partial charge in [0.1, 0.15) is 13.2 Å². The highest BCUT2D eigenvalue weighted by atomic mass is 19.4. The van der Waals surface area contributed by atoms with Gasteiger partial charge in [0, 0.05) is 36.2 Å². The van der Waals surface area contributed by atoms with Crippen LogP contribution >= 0.6 is 0 Å². The van der Waals surface area contributed by atoms with Crippen molar-refractivity contribution >= 4 is 11.6 Å². The van der Waals surface area contributed by atoms with Gasteiger partial charge < -0.3 is 18.9 Å². The number of ether oxygens (including phenoxy) is 2. The number of nitrogens with zero attached hydrogens (tertiary/aromatic N) is 3. The van der Waals surface area contributed by atoms with E-state index in [1.54, 1.807) is 23.1 Å². The standard InChI is InChI=1S/C21H16F3N3O4/c22-21(23,24)14-3-1-12(2-4-14)20-25-19(26-31-20)13-9-18(28)27(11-13)15-5-6-16-17(10-15)30-8-7-29-16/h1-6,10,13H,7-9,11H2. The summed E-state index contributed by atoms with van der Waals surface area (Å²) in [6, 6.07) is 9.80. The third-order valence-electron chi connectivity index (χ3n) is 5.23. The van der Waals surface area contributed by atoms with E-state index in [0.717, 1.165) is 12.1 Å². The number of aromatic nitrogens is 2. The predicted octanol–water partition coefficient (Wildman–Crippen LogP) is 4.05. The number of anilines is 1. The molecule has 2 aliphatic heterocycles. The number of carbonyl (C=O) groups excluding carboxylic acids is 1. The van der Waals surface area contributed by atoms with Crippen LogP contribution in [0.2, 0.25) is 0 Å². The number of halogens is 3. The molecule has 1 unspecified atom stereocenters. The normalized spacial score (nSPS) is 18.5. The van der Waals surface area contributed by atoms with Crippen LogP contribution in [0.1, 0.15) is 23.7 Å². The number of fused-ring (bicyclic) bond motifs is 1. The van der Waals surface area contributed by atoms with Crippen LogP contribution in [0.4, 0.5) is 18.9 Å². The van der Waals surface area contributed by atoms with Gasteiger partial charge in [0.2, 0.25) is 5.91 Å². The highest BCUT2D eigenvalue weighted by Crippen LogP contribution is 2.38. The van der Waals surface area contributed by atoms with Crippen LogP contribution < -0.4 is 14.4 Å². The highest BCUT2D eigenvalue weighted by Gasteiger charge is 2.35. The zero-order valence-corrected chi connectivity index (χ0v) is 16.1. The molecule has 1 atom stereocenters. The molecule has 1 saturated heterocycles. The summed E-state index contributed by atoms with van der Waals surface area (Å²) in [7, 11) is 0. The Balaban J connectivity index is 1.33. The van der Waals surface area contributed by atoms with E-state index in [9.17, 15) is 18.0 Å². The van der Waals surface area contributed by atoms with Crippen LogP contribution in [-0.4, -0.2) is 35.8 Å². The van der Waals surface area contributed by atoms with Gasteiger partial charge in [0.25, 0.3) is 5.89 Å². The molecule has 0 N–H and O–H groups in total. The van der Waals surface area contributed by atoms with Crippen LogP contribution in [0, 0.1) is 0 Å². The third-order valence-corrected chi connectivity index (χ3v) is 5.23. The minimum absolute atomic E-state index is 0.0949. The van der Waals surface area contributed by atoms with Crippen LogP contribution in [-0.2, 0) is 11.0 Å². The van der Waals surface area contributed by atoms with Crippen molar-refractivity contribution < 1.29 is 32.0 Å². The van der Waals surface area contributed by atoms with Gasteiger partial charge in [-0.15, -0.1) is 0 Å². The summed E-state index contributed by atoms with van der Waals surface area (Å²) in [5.41, 5.74) is 0.301. The zero-order valence-electron chi connectivity index (χ0n) is 16.1. The molecule has 7 nitrogen and oxygen atoms in total. The maximum atomic E-state index is 12.7. The van der Waals surface area contributed by atoms with E-state index in [2.05, 4.69) is 10.1 Å². The van der Waals surface area contributed by atoms with E-state index < -0.39 is 11.7 Å². The monoisotopic (exact) mass is 431 g/mol. The van der Waals surface area contributed by atoms with Gasteiger partial charge in [0.15, 0.2) is 17.3 Å². The van der Waals surface area contributed by atoms with Gasteiger partial charge >= 0.3 is 6.18 Å². The van der Waals surface area contributed by atoms with Gasteiger partial charge in [-0.05, 0) is 36.4 Å². The summed E-state index contributed by atoms with van der Waals surface area (Å²) in [6.45, 7) is 1.28. The molecule has 1 amide bonds. The molecule has 2 aromatic carbocycles. The molecule has 3 heterocycles. The first-order valence-electron chi connectivity index (χ1n) is 9.60. The highest BCUT2D eigenvalue weighted by molar-refractivity contribution is 5.96. The number of amides is 1. The lowest BCUT2D eigenvalue weighted by molar-refractivity contribution is -0.137. The maximum absolute atomic E-state index is 12.7. The second-order valence-electron chi connectivity index (χ2n) is 7.27. The van der Waals surface area contributed by atoms with Crippen molar-refractivity contribution in [1.29, 1.82) is 0 Å². The summed E-state index contributed by atoms with van der Waals surface area (Å²) < 4.78 is 54.5. The second-order valence-corrected chi connectivity index (χ2v) is 7.27. The summed E-state index contributed by atoms with van der Waals surface area (Å²) in [6.07, 6.45) is -4.22. The van der Waals surface area contributed by atoms with Gasteiger partial charge in [-0.1, -0.05) is 5.16 Å². The zero-order chi connectivity index (χ0) is 21.6. The summed E-state index contributed by atoms with van der Waals surface area (Å²) in [4.78, 5) is 18.5. The van der Waals surface area contributed by atoms with E-state index >= 15 is 0 Å². The first kappa shape index (κ1) is 19.4. The molecule has 2 aliphatic rings. The van der Waals surface area contributed by atoms with Crippen LogP contribution in [0.25, 0.3) is 11.5 Å². The average molecular weight is 431 g/mol. The topological polar surface area (TPSA) is 77.7 Å². The van der Waals surface area contributed by atoms with Gasteiger partial charge in [0.05, 0.1) is 5.56 Å². The van der Waals surface area contributed by atoms with E-state index in [1.807, 2.05) is 0 Å². The molecular formula is C21H16F3N3O4. The minimum atomic E-state index is -4.42. The summed E-state index contributed by atoms with van der Waals surface area (Å²) in [5, 5.41) is 3.95.